The number of pyridine rings is 1. The van der Waals surface area contributed by atoms with Crippen molar-refractivity contribution in [3.63, 3.8) is 0 Å². The molecule has 2 aromatic carbocycles. The number of nitrogens with one attached hydrogen (secondary N) is 3. The molecule has 9 heteroatoms. The summed E-state index contributed by atoms with van der Waals surface area (Å²) in [5, 5.41) is 9.00. The van der Waals surface area contributed by atoms with Crippen molar-refractivity contribution in [2.24, 2.45) is 0 Å². The van der Waals surface area contributed by atoms with Gasteiger partial charge in [0.1, 0.15) is 34.9 Å². The maximum absolute atomic E-state index is 13.7. The van der Waals surface area contributed by atoms with Crippen LogP contribution in [0.1, 0.15) is 11.4 Å². The van der Waals surface area contributed by atoms with Gasteiger partial charge in [-0.1, -0.05) is 6.07 Å². The Morgan fingerprint density at radius 1 is 0.853 bits per heavy atom. The number of hydrogen-bond acceptors (Lipinski definition) is 6. The molecule has 0 saturated heterocycles. The van der Waals surface area contributed by atoms with E-state index in [0.717, 1.165) is 30.0 Å². The van der Waals surface area contributed by atoms with Gasteiger partial charge in [0.05, 0.1) is 0 Å². The Hall–Kier alpha value is -4.66. The highest BCUT2D eigenvalue weighted by Crippen LogP contribution is 2.21. The summed E-state index contributed by atoms with van der Waals surface area (Å²) in [5.41, 5.74) is 1.28. The van der Waals surface area contributed by atoms with Crippen LogP contribution in [0.4, 0.5) is 37.6 Å². The van der Waals surface area contributed by atoms with Crippen molar-refractivity contribution in [3.8, 4) is 0 Å². The number of anilines is 5. The van der Waals surface area contributed by atoms with E-state index in [4.69, 9.17) is 0 Å². The minimum atomic E-state index is -0.612. The van der Waals surface area contributed by atoms with Gasteiger partial charge in [0.15, 0.2) is 0 Å². The molecule has 4 aromatic rings. The highest BCUT2D eigenvalue weighted by Gasteiger charge is 2.05. The zero-order valence-corrected chi connectivity index (χ0v) is 18.1. The van der Waals surface area contributed by atoms with Gasteiger partial charge in [0, 0.05) is 35.3 Å². The van der Waals surface area contributed by atoms with Crippen LogP contribution in [0.5, 0.6) is 0 Å². The van der Waals surface area contributed by atoms with Gasteiger partial charge in [0.25, 0.3) is 0 Å². The Morgan fingerprint density at radius 3 is 2.32 bits per heavy atom. The monoisotopic (exact) mass is 458 g/mol. The molecule has 4 rings (SSSR count). The molecule has 0 fully saturated rings. The van der Waals surface area contributed by atoms with E-state index in [1.165, 1.54) is 6.08 Å². The molecule has 170 valence electrons. The van der Waals surface area contributed by atoms with Crippen LogP contribution in [-0.2, 0) is 4.79 Å². The standard InChI is InChI=1S/C25H20F2N6O/c1-16-29-23(15-24(30-16)33-22-4-2-3-13-28-22)31-19-7-9-20(10-8-19)32-25(34)12-5-17-14-18(26)6-11-21(17)27/h2-15H,1H3,(H,32,34)(H2,28,29,30,31,33)/b12-5+. The molecule has 2 heterocycles. The van der Waals surface area contributed by atoms with E-state index in [1.807, 2.05) is 18.2 Å². The van der Waals surface area contributed by atoms with Gasteiger partial charge in [0.2, 0.25) is 5.91 Å². The first-order valence-corrected chi connectivity index (χ1v) is 10.3. The lowest BCUT2D eigenvalue weighted by Crippen LogP contribution is -2.07. The van der Waals surface area contributed by atoms with Gasteiger partial charge >= 0.3 is 0 Å². The van der Waals surface area contributed by atoms with Crippen molar-refractivity contribution in [3.05, 3.63) is 102 Å². The molecule has 0 bridgehead atoms. The summed E-state index contributed by atoms with van der Waals surface area (Å²) in [7, 11) is 0. The van der Waals surface area contributed by atoms with Crippen LogP contribution in [0.25, 0.3) is 6.08 Å². The number of hydrogen-bond donors (Lipinski definition) is 3. The quantitative estimate of drug-likeness (QED) is 0.313. The van der Waals surface area contributed by atoms with Gasteiger partial charge in [-0.2, -0.15) is 0 Å². The highest BCUT2D eigenvalue weighted by molar-refractivity contribution is 6.02. The molecule has 2 aromatic heterocycles. The molecular formula is C25H20F2N6O. The van der Waals surface area contributed by atoms with Crippen molar-refractivity contribution in [1.82, 2.24) is 15.0 Å². The molecule has 0 aliphatic heterocycles. The summed E-state index contributed by atoms with van der Waals surface area (Å²) in [6.45, 7) is 1.79. The lowest BCUT2D eigenvalue weighted by atomic mass is 10.2. The van der Waals surface area contributed by atoms with Gasteiger partial charge in [-0.05, 0) is 67.6 Å². The molecule has 7 nitrogen and oxygen atoms in total. The third-order valence-electron chi connectivity index (χ3n) is 4.56. The average molecular weight is 458 g/mol. The van der Waals surface area contributed by atoms with Crippen molar-refractivity contribution >= 4 is 40.8 Å². The van der Waals surface area contributed by atoms with Crippen molar-refractivity contribution in [2.45, 2.75) is 6.92 Å². The fourth-order valence-corrected chi connectivity index (χ4v) is 3.04. The zero-order chi connectivity index (χ0) is 23.9. The second-order valence-corrected chi connectivity index (χ2v) is 7.22. The molecule has 34 heavy (non-hydrogen) atoms. The maximum Gasteiger partial charge on any atom is 0.248 e. The van der Waals surface area contributed by atoms with Crippen molar-refractivity contribution in [2.75, 3.05) is 16.0 Å². The number of carbonyl (C=O) groups is 1. The van der Waals surface area contributed by atoms with E-state index >= 15 is 0 Å². The molecule has 0 atom stereocenters. The van der Waals surface area contributed by atoms with Crippen LogP contribution in [0.2, 0.25) is 0 Å². The number of amides is 1. The fourth-order valence-electron chi connectivity index (χ4n) is 3.04. The van der Waals surface area contributed by atoms with E-state index in [-0.39, 0.29) is 5.56 Å². The Morgan fingerprint density at radius 2 is 1.59 bits per heavy atom. The van der Waals surface area contributed by atoms with E-state index in [2.05, 4.69) is 30.9 Å². The van der Waals surface area contributed by atoms with Gasteiger partial charge in [-0.3, -0.25) is 4.79 Å². The molecule has 0 aliphatic carbocycles. The van der Waals surface area contributed by atoms with E-state index < -0.39 is 17.5 Å². The number of aromatic nitrogens is 3. The molecule has 0 saturated carbocycles. The normalized spacial score (nSPS) is 10.8. The van der Waals surface area contributed by atoms with E-state index in [9.17, 15) is 13.6 Å². The highest BCUT2D eigenvalue weighted by atomic mass is 19.1. The van der Waals surface area contributed by atoms with Crippen LogP contribution in [0, 0.1) is 18.6 Å². The number of benzene rings is 2. The fraction of sp³-hybridized carbons (Fsp3) is 0.0400. The minimum absolute atomic E-state index is 0.00764. The lowest BCUT2D eigenvalue weighted by Gasteiger charge is -2.10. The summed E-state index contributed by atoms with van der Waals surface area (Å²) in [6, 6.07) is 17.3. The minimum Gasteiger partial charge on any atom is -0.340 e. The van der Waals surface area contributed by atoms with Gasteiger partial charge < -0.3 is 16.0 Å². The third kappa shape index (κ3) is 6.19. The van der Waals surface area contributed by atoms with Crippen LogP contribution in [0.15, 0.2) is 79.0 Å². The smallest absolute Gasteiger partial charge is 0.248 e. The number of nitrogens with zero attached hydrogens (tertiary/aromatic N) is 3. The first-order valence-electron chi connectivity index (χ1n) is 10.3. The molecule has 0 aliphatic rings. The Balaban J connectivity index is 1.38. The maximum atomic E-state index is 13.7. The largest absolute Gasteiger partial charge is 0.340 e. The number of aryl methyl sites for hydroxylation is 1. The Labute approximate surface area is 194 Å². The molecular weight excluding hydrogens is 438 g/mol. The van der Waals surface area contributed by atoms with Crippen LogP contribution < -0.4 is 16.0 Å². The summed E-state index contributed by atoms with van der Waals surface area (Å²) in [6.07, 6.45) is 4.05. The van der Waals surface area contributed by atoms with Crippen LogP contribution >= 0.6 is 0 Å². The average Bonchev–Trinajstić information content (AvgIpc) is 2.81. The molecule has 1 amide bonds. The van der Waals surface area contributed by atoms with Crippen molar-refractivity contribution < 1.29 is 13.6 Å². The lowest BCUT2D eigenvalue weighted by molar-refractivity contribution is -0.111. The summed E-state index contributed by atoms with van der Waals surface area (Å²) in [4.78, 5) is 25.1. The van der Waals surface area contributed by atoms with E-state index in [0.29, 0.717) is 29.0 Å². The van der Waals surface area contributed by atoms with Crippen LogP contribution in [0.3, 0.4) is 0 Å². The number of rotatable bonds is 7. The first kappa shape index (κ1) is 22.5. The summed E-state index contributed by atoms with van der Waals surface area (Å²) in [5.74, 6) is 0.764. The predicted octanol–water partition coefficient (Wildman–Crippen LogP) is 5.60. The second kappa shape index (κ2) is 10.3. The molecule has 0 unspecified atom stereocenters. The summed E-state index contributed by atoms with van der Waals surface area (Å²) < 4.78 is 26.9. The van der Waals surface area contributed by atoms with Gasteiger partial charge in [-0.15, -0.1) is 0 Å². The molecule has 0 radical (unpaired) electrons. The third-order valence-corrected chi connectivity index (χ3v) is 4.56. The van der Waals surface area contributed by atoms with Gasteiger partial charge in [-0.25, -0.2) is 23.7 Å². The first-order chi connectivity index (χ1) is 16.4. The number of carbonyl (C=O) groups excluding carboxylic acids is 1. The van der Waals surface area contributed by atoms with E-state index in [1.54, 1.807) is 43.5 Å². The molecule has 3 N–H and O–H groups in total. The Bertz CT molecular complexity index is 1330. The van der Waals surface area contributed by atoms with Crippen LogP contribution in [-0.4, -0.2) is 20.9 Å². The van der Waals surface area contributed by atoms with Crippen molar-refractivity contribution in [1.29, 1.82) is 0 Å². The predicted molar refractivity (Wildman–Crippen MR) is 128 cm³/mol. The Kier molecular flexibility index (Phi) is 6.83. The SMILES string of the molecule is Cc1nc(Nc2ccc(NC(=O)/C=C/c3cc(F)ccc3F)cc2)cc(Nc2ccccn2)n1. The topological polar surface area (TPSA) is 91.8 Å². The zero-order valence-electron chi connectivity index (χ0n) is 18.1. The number of halogens is 2. The molecule has 0 spiro atoms. The summed E-state index contributed by atoms with van der Waals surface area (Å²) >= 11 is 0. The second-order valence-electron chi connectivity index (χ2n) is 7.22.